The molecule has 2 aliphatic heterocycles. The number of fused-ring (bicyclic) bond motifs is 1. The zero-order valence-electron chi connectivity index (χ0n) is 15.7. The molecule has 4 rings (SSSR count). The number of ether oxygens (including phenoxy) is 1. The number of amidine groups is 1. The lowest BCUT2D eigenvalue weighted by Crippen LogP contribution is -2.55. The number of rotatable bonds is 6. The van der Waals surface area contributed by atoms with Crippen LogP contribution in [0.5, 0.6) is 0 Å². The lowest BCUT2D eigenvalue weighted by molar-refractivity contribution is 0.0631. The SMILES string of the molecule is CN(C1=C2C=C(C(=N)N)N=C2CCO1)C1CC(NS(=O)(=O)C2CC(C#N)C2)C1. The minimum Gasteiger partial charge on any atom is -0.478 e. The van der Waals surface area contributed by atoms with Crippen LogP contribution in [0.2, 0.25) is 0 Å². The third kappa shape index (κ3) is 3.29. The third-order valence-electron chi connectivity index (χ3n) is 5.96. The summed E-state index contributed by atoms with van der Waals surface area (Å²) < 4.78 is 33.4. The molecule has 4 aliphatic rings. The minimum absolute atomic E-state index is 0.0656. The summed E-state index contributed by atoms with van der Waals surface area (Å²) in [5.41, 5.74) is 7.75. The quantitative estimate of drug-likeness (QED) is 0.436. The first-order chi connectivity index (χ1) is 13.3. The molecule has 0 aromatic heterocycles. The van der Waals surface area contributed by atoms with E-state index in [1.165, 1.54) is 0 Å². The van der Waals surface area contributed by atoms with Crippen LogP contribution in [0, 0.1) is 22.7 Å². The zero-order valence-corrected chi connectivity index (χ0v) is 16.5. The molecular formula is C18H24N6O3S. The number of aliphatic imine (C=N–C) groups is 1. The predicted molar refractivity (Wildman–Crippen MR) is 104 cm³/mol. The number of nitrogens with zero attached hydrogens (tertiary/aromatic N) is 3. The molecule has 4 N–H and O–H groups in total. The van der Waals surface area contributed by atoms with Crippen molar-refractivity contribution in [2.75, 3.05) is 13.7 Å². The number of hydrogen-bond acceptors (Lipinski definition) is 7. The maximum atomic E-state index is 12.4. The van der Waals surface area contributed by atoms with E-state index in [0.29, 0.717) is 50.3 Å². The molecule has 0 aromatic rings. The van der Waals surface area contributed by atoms with Gasteiger partial charge in [-0.3, -0.25) is 5.41 Å². The Morgan fingerprint density at radius 3 is 2.79 bits per heavy atom. The van der Waals surface area contributed by atoms with Crippen LogP contribution in [0.15, 0.2) is 28.2 Å². The van der Waals surface area contributed by atoms with E-state index in [1.807, 2.05) is 11.9 Å². The van der Waals surface area contributed by atoms with E-state index in [0.717, 1.165) is 11.3 Å². The second-order valence-corrected chi connectivity index (χ2v) is 9.83. The summed E-state index contributed by atoms with van der Waals surface area (Å²) in [7, 11) is -1.43. The second-order valence-electron chi connectivity index (χ2n) is 7.83. The van der Waals surface area contributed by atoms with Crippen LogP contribution < -0.4 is 10.5 Å². The van der Waals surface area contributed by atoms with Gasteiger partial charge >= 0.3 is 0 Å². The monoisotopic (exact) mass is 404 g/mol. The van der Waals surface area contributed by atoms with Gasteiger partial charge in [-0.2, -0.15) is 5.26 Å². The highest BCUT2D eigenvalue weighted by Gasteiger charge is 2.43. The molecular weight excluding hydrogens is 380 g/mol. The number of allylic oxidation sites excluding steroid dienone is 2. The van der Waals surface area contributed by atoms with E-state index in [9.17, 15) is 8.42 Å². The highest BCUT2D eigenvalue weighted by molar-refractivity contribution is 7.90. The van der Waals surface area contributed by atoms with Gasteiger partial charge < -0.3 is 15.4 Å². The average molecular weight is 404 g/mol. The molecule has 2 heterocycles. The smallest absolute Gasteiger partial charge is 0.214 e. The molecule has 0 bridgehead atoms. The summed E-state index contributed by atoms with van der Waals surface area (Å²) in [6.45, 7) is 0.519. The Morgan fingerprint density at radius 2 is 2.14 bits per heavy atom. The lowest BCUT2D eigenvalue weighted by atomic mass is 9.86. The molecule has 0 aromatic carbocycles. The molecule has 28 heavy (non-hydrogen) atoms. The minimum atomic E-state index is -3.36. The summed E-state index contributed by atoms with van der Waals surface area (Å²) in [4.78, 5) is 6.44. The van der Waals surface area contributed by atoms with E-state index in [1.54, 1.807) is 6.08 Å². The number of sulfonamides is 1. The number of nitrogens with two attached hydrogens (primary N) is 1. The highest BCUT2D eigenvalue weighted by atomic mass is 32.2. The van der Waals surface area contributed by atoms with Crippen molar-refractivity contribution in [1.29, 1.82) is 10.7 Å². The summed E-state index contributed by atoms with van der Waals surface area (Å²) in [5, 5.41) is 16.0. The zero-order chi connectivity index (χ0) is 20.1. The van der Waals surface area contributed by atoms with Gasteiger partial charge in [0.2, 0.25) is 10.0 Å². The van der Waals surface area contributed by atoms with Crippen molar-refractivity contribution >= 4 is 21.6 Å². The fourth-order valence-corrected chi connectivity index (χ4v) is 5.83. The number of nitrogens with one attached hydrogen (secondary N) is 2. The largest absolute Gasteiger partial charge is 0.478 e. The first-order valence-corrected chi connectivity index (χ1v) is 11.0. The van der Waals surface area contributed by atoms with E-state index in [4.69, 9.17) is 21.1 Å². The number of nitriles is 1. The Bertz CT molecular complexity index is 933. The Labute approximate surface area is 164 Å². The van der Waals surface area contributed by atoms with Crippen molar-refractivity contribution in [1.82, 2.24) is 9.62 Å². The van der Waals surface area contributed by atoms with Gasteiger partial charge in [0, 0.05) is 31.5 Å². The maximum Gasteiger partial charge on any atom is 0.214 e. The molecule has 10 heteroatoms. The van der Waals surface area contributed by atoms with E-state index >= 15 is 0 Å². The topological polar surface area (TPSA) is 145 Å². The third-order valence-corrected chi connectivity index (χ3v) is 7.88. The van der Waals surface area contributed by atoms with Crippen molar-refractivity contribution in [2.45, 2.75) is 49.4 Å². The van der Waals surface area contributed by atoms with E-state index in [2.05, 4.69) is 15.8 Å². The van der Waals surface area contributed by atoms with E-state index in [-0.39, 0.29) is 23.8 Å². The summed E-state index contributed by atoms with van der Waals surface area (Å²) in [6.07, 6.45) is 4.71. The lowest BCUT2D eigenvalue weighted by Gasteiger charge is -2.44. The molecule has 0 saturated heterocycles. The van der Waals surface area contributed by atoms with Crippen LogP contribution in [0.4, 0.5) is 0 Å². The van der Waals surface area contributed by atoms with Gasteiger partial charge in [0.05, 0.1) is 29.2 Å². The fraction of sp³-hybridized carbons (Fsp3) is 0.611. The Morgan fingerprint density at radius 1 is 1.43 bits per heavy atom. The van der Waals surface area contributed by atoms with Gasteiger partial charge in [-0.15, -0.1) is 0 Å². The molecule has 0 unspecified atom stereocenters. The predicted octanol–water partition coefficient (Wildman–Crippen LogP) is 0.577. The molecule has 2 saturated carbocycles. The first kappa shape index (κ1) is 19.0. The molecule has 0 amide bonds. The van der Waals surface area contributed by atoms with Crippen LogP contribution in [0.3, 0.4) is 0 Å². The van der Waals surface area contributed by atoms with Crippen LogP contribution >= 0.6 is 0 Å². The Hall–Kier alpha value is -2.38. The molecule has 2 aliphatic carbocycles. The van der Waals surface area contributed by atoms with Crippen molar-refractivity contribution in [2.24, 2.45) is 16.6 Å². The molecule has 2 fully saturated rings. The van der Waals surface area contributed by atoms with Crippen LogP contribution in [0.1, 0.15) is 32.1 Å². The van der Waals surface area contributed by atoms with Crippen molar-refractivity contribution in [3.8, 4) is 6.07 Å². The first-order valence-electron chi connectivity index (χ1n) is 9.43. The second kappa shape index (κ2) is 6.90. The van der Waals surface area contributed by atoms with Crippen LogP contribution in [-0.4, -0.2) is 55.9 Å². The average Bonchev–Trinajstić information content (AvgIpc) is 3.00. The summed E-state index contributed by atoms with van der Waals surface area (Å²) in [6, 6.07) is 2.19. The standard InChI is InChI=1S/C18H24N6O3S/c1-24(18-14-8-16(17(20)21)22-15(14)2-3-27-18)12-6-11(7-12)23-28(25,26)13-4-10(5-13)9-19/h8,10-13,23H,2-7H2,1H3,(H3,20,21). The molecule has 0 spiro atoms. The van der Waals surface area contributed by atoms with Crippen LogP contribution in [-0.2, 0) is 14.8 Å². The maximum absolute atomic E-state index is 12.4. The number of hydrogen-bond donors (Lipinski definition) is 3. The van der Waals surface area contributed by atoms with Gasteiger partial charge in [-0.1, -0.05) is 0 Å². The normalized spacial score (nSPS) is 31.4. The van der Waals surface area contributed by atoms with Gasteiger partial charge in [-0.25, -0.2) is 18.1 Å². The molecule has 9 nitrogen and oxygen atoms in total. The molecule has 0 atom stereocenters. The van der Waals surface area contributed by atoms with Crippen molar-refractivity contribution in [3.05, 3.63) is 23.2 Å². The van der Waals surface area contributed by atoms with Gasteiger partial charge in [0.1, 0.15) is 11.5 Å². The van der Waals surface area contributed by atoms with Crippen molar-refractivity contribution < 1.29 is 13.2 Å². The van der Waals surface area contributed by atoms with Gasteiger partial charge in [0.15, 0.2) is 5.88 Å². The molecule has 150 valence electrons. The highest BCUT2D eigenvalue weighted by Crippen LogP contribution is 2.36. The van der Waals surface area contributed by atoms with E-state index < -0.39 is 15.3 Å². The Kier molecular flexibility index (Phi) is 4.67. The Balaban J connectivity index is 1.37. The van der Waals surface area contributed by atoms with Crippen LogP contribution in [0.25, 0.3) is 0 Å². The molecule has 0 radical (unpaired) electrons. The van der Waals surface area contributed by atoms with Gasteiger partial charge in [-0.05, 0) is 31.8 Å². The summed E-state index contributed by atoms with van der Waals surface area (Å²) in [5.74, 6) is 0.515. The van der Waals surface area contributed by atoms with Gasteiger partial charge in [0.25, 0.3) is 0 Å². The summed E-state index contributed by atoms with van der Waals surface area (Å²) >= 11 is 0. The fourth-order valence-electron chi connectivity index (χ4n) is 4.00. The van der Waals surface area contributed by atoms with Crippen molar-refractivity contribution in [3.63, 3.8) is 0 Å².